The van der Waals surface area contributed by atoms with Crippen LogP contribution in [0, 0.1) is 0 Å². The summed E-state index contributed by atoms with van der Waals surface area (Å²) in [5.41, 5.74) is 0. The first kappa shape index (κ1) is 67.3. The predicted octanol–water partition coefficient (Wildman–Crippen LogP) is 7.95. The molecule has 0 aliphatic heterocycles. The van der Waals surface area contributed by atoms with E-state index >= 15 is 0 Å². The molecule has 0 aliphatic rings. The van der Waals surface area contributed by atoms with E-state index in [0.29, 0.717) is 37.1 Å². The zero-order chi connectivity index (χ0) is 46.0. The van der Waals surface area contributed by atoms with Crippen molar-refractivity contribution in [3.8, 4) is 0 Å². The Morgan fingerprint density at radius 1 is 0.322 bits per heavy atom. The Labute approximate surface area is 371 Å². The zero-order valence-electron chi connectivity index (χ0n) is 40.4. The minimum absolute atomic E-state index is 0.569. The molecule has 0 aliphatic carbocycles. The average Bonchev–Trinajstić information content (AvgIpc) is 3.19. The maximum absolute atomic E-state index is 5.67. The molecule has 0 N–H and O–H groups in total. The summed E-state index contributed by atoms with van der Waals surface area (Å²) in [6, 6.07) is 0. The molecular weight excluding hydrogens is 849 g/mol. The molecule has 0 rings (SSSR count). The molecule has 0 heterocycles. The predicted molar refractivity (Wildman–Crippen MR) is 251 cm³/mol. The van der Waals surface area contributed by atoms with Gasteiger partial charge in [0, 0.05) is 80.8 Å². The number of hydrogen-bond donors (Lipinski definition) is 0. The second kappa shape index (κ2) is 57.2. The zero-order valence-corrected chi connectivity index (χ0v) is 46.1. The highest BCUT2D eigenvalue weighted by atomic mass is 28.3. The molecule has 0 aromatic carbocycles. The van der Waals surface area contributed by atoms with Crippen LogP contribution in [-0.2, 0) is 66.4 Å². The topological polar surface area (TPSA) is 138 Å². The van der Waals surface area contributed by atoms with E-state index in [1.54, 1.807) is 42.1 Å². The smallest absolute Gasteiger partial charge is 0.490 e. The standard InChI is InChI=1S/C12H28O3Si.C9H16O3Si.C9H22O3Si.C6H16O3Si.C3H10O3Si/c1-4-7-10-13-16(14-11-8-5-2)15-12-9-6-3;1-7(2)10-13(11-8(3)4)12-9(5)6;1-4-7-10-13(11-8-5-2)12-9-6-3;1-4-7-10(8-5-2)9-6-3;1-4-7(5-2)6-3/h16H,4-12H2,1-3H3;13H,1,3,5H2,2,4,6H3;13H,4-9H2,1-3H3;10H,4-6H2,1-3H3;7H,1-3H3. The largest absolute Gasteiger partial charge is 0.682 e. The fourth-order valence-corrected chi connectivity index (χ4v) is 9.06. The summed E-state index contributed by atoms with van der Waals surface area (Å²) in [5, 5.41) is 0. The Kier molecular flexibility index (Phi) is 65.3. The van der Waals surface area contributed by atoms with Gasteiger partial charge >= 0.3 is 47.6 Å². The average molecular weight is 942 g/mol. The highest BCUT2D eigenvalue weighted by molar-refractivity contribution is 6.38. The first-order valence-electron chi connectivity index (χ1n) is 21.4. The van der Waals surface area contributed by atoms with Gasteiger partial charge in [-0.2, -0.15) is 0 Å². The molecule has 0 aromatic rings. The second-order valence-electron chi connectivity index (χ2n) is 12.3. The number of rotatable bonds is 36. The third-order valence-corrected chi connectivity index (χ3v) is 13.8. The van der Waals surface area contributed by atoms with Gasteiger partial charge in [-0.15, -0.1) is 0 Å². The van der Waals surface area contributed by atoms with Crippen LogP contribution in [-0.4, -0.2) is 128 Å². The van der Waals surface area contributed by atoms with Crippen molar-refractivity contribution < 1.29 is 66.4 Å². The Morgan fingerprint density at radius 3 is 0.729 bits per heavy atom. The van der Waals surface area contributed by atoms with Gasteiger partial charge in [0.05, 0.1) is 17.3 Å². The SMILES string of the molecule is C=C(C)O[SiH](OC(=C)C)OC(=C)C.CCCCO[SiH](OCCCC)OCCCC.CCCO[SiH](OCCC)OCCC.CCO[SiH](OCC)OCC.CO[SiH](OC)OC. The van der Waals surface area contributed by atoms with E-state index in [4.69, 9.17) is 66.4 Å². The minimum atomic E-state index is -2.21. The molecule has 0 saturated carbocycles. The van der Waals surface area contributed by atoms with Gasteiger partial charge in [0.15, 0.2) is 0 Å². The van der Waals surface area contributed by atoms with E-state index in [1.165, 1.54) is 0 Å². The van der Waals surface area contributed by atoms with Gasteiger partial charge in [-0.3, -0.25) is 0 Å². The van der Waals surface area contributed by atoms with Crippen LogP contribution >= 0.6 is 0 Å². The van der Waals surface area contributed by atoms with Crippen LogP contribution in [0.25, 0.3) is 0 Å². The normalized spacial score (nSPS) is 10.6. The quantitative estimate of drug-likeness (QED) is 0.0341. The van der Waals surface area contributed by atoms with E-state index in [0.717, 1.165) is 97.4 Å². The lowest BCUT2D eigenvalue weighted by Gasteiger charge is -2.18. The van der Waals surface area contributed by atoms with Gasteiger partial charge in [-0.1, -0.05) is 80.5 Å². The first-order valence-corrected chi connectivity index (χ1v) is 28.5. The van der Waals surface area contributed by atoms with Crippen molar-refractivity contribution in [3.05, 3.63) is 37.0 Å². The Morgan fingerprint density at radius 2 is 0.559 bits per heavy atom. The molecule has 20 heteroatoms. The lowest BCUT2D eigenvalue weighted by atomic mass is 10.4. The Bertz CT molecular complexity index is 752. The monoisotopic (exact) mass is 941 g/mol. The molecule has 0 spiro atoms. The van der Waals surface area contributed by atoms with Gasteiger partial charge in [0.25, 0.3) is 0 Å². The summed E-state index contributed by atoms with van der Waals surface area (Å²) in [6.07, 6.45) is 9.83. The van der Waals surface area contributed by atoms with Crippen molar-refractivity contribution in [1.29, 1.82) is 0 Å². The lowest BCUT2D eigenvalue weighted by Crippen LogP contribution is -2.28. The van der Waals surface area contributed by atoms with Gasteiger partial charge in [0.1, 0.15) is 0 Å². The van der Waals surface area contributed by atoms with E-state index in [2.05, 4.69) is 61.3 Å². The highest BCUT2D eigenvalue weighted by Crippen LogP contribution is 2.07. The van der Waals surface area contributed by atoms with E-state index in [1.807, 2.05) is 20.8 Å². The molecule has 0 atom stereocenters. The van der Waals surface area contributed by atoms with Gasteiger partial charge in [-0.25, -0.2) is 0 Å². The van der Waals surface area contributed by atoms with Crippen molar-refractivity contribution in [1.82, 2.24) is 0 Å². The van der Waals surface area contributed by atoms with E-state index < -0.39 is 47.6 Å². The number of allylic oxidation sites excluding steroid dienone is 3. The van der Waals surface area contributed by atoms with Gasteiger partial charge in [-0.05, 0) is 80.1 Å². The number of unbranched alkanes of at least 4 members (excludes halogenated alkanes) is 3. The molecule has 0 saturated heterocycles. The highest BCUT2D eigenvalue weighted by Gasteiger charge is 2.20. The molecule has 59 heavy (non-hydrogen) atoms. The van der Waals surface area contributed by atoms with Crippen molar-refractivity contribution >= 4 is 47.6 Å². The second-order valence-corrected chi connectivity index (χ2v) is 20.3. The van der Waals surface area contributed by atoms with Crippen LogP contribution in [0.1, 0.15) is 141 Å². The summed E-state index contributed by atoms with van der Waals surface area (Å²) < 4.78 is 79.1. The fraction of sp³-hybridized carbons (Fsp3) is 0.846. The van der Waals surface area contributed by atoms with E-state index in [-0.39, 0.29) is 0 Å². The minimum Gasteiger partial charge on any atom is -0.490 e. The van der Waals surface area contributed by atoms with Crippen molar-refractivity contribution in [2.75, 3.05) is 80.8 Å². The molecule has 15 nitrogen and oxygen atoms in total. The van der Waals surface area contributed by atoms with Crippen LogP contribution in [0.2, 0.25) is 0 Å². The maximum Gasteiger partial charge on any atom is 0.682 e. The van der Waals surface area contributed by atoms with Gasteiger partial charge < -0.3 is 66.4 Å². The third kappa shape index (κ3) is 61.6. The molecule has 0 radical (unpaired) electrons. The van der Waals surface area contributed by atoms with Crippen molar-refractivity contribution in [2.24, 2.45) is 0 Å². The lowest BCUT2D eigenvalue weighted by molar-refractivity contribution is 0.0898. The molecule has 0 bridgehead atoms. The van der Waals surface area contributed by atoms with E-state index in [9.17, 15) is 0 Å². The maximum atomic E-state index is 5.67. The Balaban J connectivity index is -0.000000211. The molecule has 358 valence electrons. The summed E-state index contributed by atoms with van der Waals surface area (Å²) in [5.74, 6) is 1.71. The van der Waals surface area contributed by atoms with Crippen molar-refractivity contribution in [3.63, 3.8) is 0 Å². The summed E-state index contributed by atoms with van der Waals surface area (Å²) in [6.45, 7) is 41.3. The van der Waals surface area contributed by atoms with Gasteiger partial charge in [0.2, 0.25) is 0 Å². The van der Waals surface area contributed by atoms with Crippen LogP contribution < -0.4 is 0 Å². The molecule has 0 fully saturated rings. The first-order chi connectivity index (χ1) is 28.3. The van der Waals surface area contributed by atoms with Crippen LogP contribution in [0.4, 0.5) is 0 Å². The molecular formula is C39H92O15Si5. The van der Waals surface area contributed by atoms with Crippen molar-refractivity contribution in [2.45, 2.75) is 141 Å². The number of hydrogen-bond acceptors (Lipinski definition) is 15. The third-order valence-electron chi connectivity index (χ3n) is 6.01. The van der Waals surface area contributed by atoms with Crippen LogP contribution in [0.3, 0.4) is 0 Å². The molecule has 0 aromatic heterocycles. The fourth-order valence-electron chi connectivity index (χ4n) is 3.31. The van der Waals surface area contributed by atoms with Crippen LogP contribution in [0.15, 0.2) is 37.0 Å². The summed E-state index contributed by atoms with van der Waals surface area (Å²) in [4.78, 5) is 0. The summed E-state index contributed by atoms with van der Waals surface area (Å²) >= 11 is 0. The molecule has 0 unspecified atom stereocenters. The summed E-state index contributed by atoms with van der Waals surface area (Å²) in [7, 11) is -4.51. The Hall–Kier alpha value is -0.776. The molecule has 0 amide bonds. The van der Waals surface area contributed by atoms with Crippen LogP contribution in [0.5, 0.6) is 0 Å².